The fourth-order valence-corrected chi connectivity index (χ4v) is 1.56. The molecule has 0 bridgehead atoms. The molecule has 1 amide bonds. The Morgan fingerprint density at radius 3 is 3.00 bits per heavy atom. The number of para-hydroxylation sites is 2. The summed E-state index contributed by atoms with van der Waals surface area (Å²) in [6, 6.07) is 7.29. The average molecular weight is 246 g/mol. The number of ether oxygens (including phenoxy) is 1. The number of carbonyl (C=O) groups is 1. The van der Waals surface area contributed by atoms with Gasteiger partial charge in [0.15, 0.2) is 6.39 Å². The van der Waals surface area contributed by atoms with Crippen LogP contribution in [0, 0.1) is 0 Å². The van der Waals surface area contributed by atoms with E-state index in [0.717, 1.165) is 5.69 Å². The average Bonchev–Trinajstić information content (AvgIpc) is 2.90. The Kier molecular flexibility index (Phi) is 3.96. The molecule has 0 radical (unpaired) electrons. The predicted molar refractivity (Wildman–Crippen MR) is 66.4 cm³/mol. The summed E-state index contributed by atoms with van der Waals surface area (Å²) in [5, 5.41) is 2.80. The van der Waals surface area contributed by atoms with Gasteiger partial charge >= 0.3 is 0 Å². The molecule has 5 nitrogen and oxygen atoms in total. The van der Waals surface area contributed by atoms with Crippen molar-refractivity contribution >= 4 is 11.6 Å². The molecule has 2 rings (SSSR count). The maximum Gasteiger partial charge on any atom is 0.224 e. The number of anilines is 1. The van der Waals surface area contributed by atoms with E-state index < -0.39 is 0 Å². The van der Waals surface area contributed by atoms with Crippen LogP contribution in [-0.4, -0.2) is 18.0 Å². The summed E-state index contributed by atoms with van der Waals surface area (Å²) in [6.45, 7) is 0. The second-order valence-electron chi connectivity index (χ2n) is 3.73. The Morgan fingerprint density at radius 1 is 1.44 bits per heavy atom. The molecule has 1 aromatic heterocycles. The first-order valence-electron chi connectivity index (χ1n) is 5.59. The quantitative estimate of drug-likeness (QED) is 0.878. The molecule has 1 N–H and O–H groups in total. The highest BCUT2D eigenvalue weighted by atomic mass is 16.5. The Bertz CT molecular complexity index is 509. The van der Waals surface area contributed by atoms with E-state index >= 15 is 0 Å². The van der Waals surface area contributed by atoms with Gasteiger partial charge in [0, 0.05) is 12.8 Å². The standard InChI is InChI=1S/C13H14N2O3/c1-17-12-5-3-2-4-11(12)15-13(16)7-6-10-8-18-9-14-10/h2-5,8-9H,6-7H2,1H3,(H,15,16). The van der Waals surface area contributed by atoms with E-state index in [4.69, 9.17) is 9.15 Å². The van der Waals surface area contributed by atoms with Crippen LogP contribution < -0.4 is 10.1 Å². The van der Waals surface area contributed by atoms with E-state index in [2.05, 4.69) is 10.3 Å². The first-order valence-corrected chi connectivity index (χ1v) is 5.59. The van der Waals surface area contributed by atoms with Crippen LogP contribution in [0.4, 0.5) is 5.69 Å². The smallest absolute Gasteiger partial charge is 0.224 e. The Hall–Kier alpha value is -2.30. The molecule has 0 aliphatic rings. The Morgan fingerprint density at radius 2 is 2.28 bits per heavy atom. The van der Waals surface area contributed by atoms with Crippen molar-refractivity contribution in [1.82, 2.24) is 4.98 Å². The van der Waals surface area contributed by atoms with Crippen molar-refractivity contribution in [1.29, 1.82) is 0 Å². The van der Waals surface area contributed by atoms with Crippen LogP contribution in [0.15, 0.2) is 41.3 Å². The number of carbonyl (C=O) groups excluding carboxylic acids is 1. The minimum atomic E-state index is -0.0810. The van der Waals surface area contributed by atoms with Crippen molar-refractivity contribution in [3.63, 3.8) is 0 Å². The van der Waals surface area contributed by atoms with E-state index in [0.29, 0.717) is 24.3 Å². The second-order valence-corrected chi connectivity index (χ2v) is 3.73. The van der Waals surface area contributed by atoms with Gasteiger partial charge in [-0.3, -0.25) is 4.79 Å². The zero-order valence-electron chi connectivity index (χ0n) is 10.1. The molecule has 1 heterocycles. The first kappa shape index (κ1) is 12.2. The van der Waals surface area contributed by atoms with E-state index in [1.165, 1.54) is 12.7 Å². The molecular formula is C13H14N2O3. The number of oxazole rings is 1. The summed E-state index contributed by atoms with van der Waals surface area (Å²) in [7, 11) is 1.57. The van der Waals surface area contributed by atoms with Gasteiger partial charge in [0.05, 0.1) is 18.5 Å². The lowest BCUT2D eigenvalue weighted by Crippen LogP contribution is -2.13. The number of rotatable bonds is 5. The third-order valence-electron chi connectivity index (χ3n) is 2.47. The number of hydrogen-bond acceptors (Lipinski definition) is 4. The third-order valence-corrected chi connectivity index (χ3v) is 2.47. The normalized spacial score (nSPS) is 10.1. The van der Waals surface area contributed by atoms with Crippen molar-refractivity contribution in [2.45, 2.75) is 12.8 Å². The molecule has 0 saturated carbocycles. The molecule has 5 heteroatoms. The van der Waals surface area contributed by atoms with Gasteiger partial charge in [-0.2, -0.15) is 0 Å². The molecule has 0 fully saturated rings. The van der Waals surface area contributed by atoms with Gasteiger partial charge < -0.3 is 14.5 Å². The summed E-state index contributed by atoms with van der Waals surface area (Å²) in [5.74, 6) is 0.565. The number of hydrogen-bond donors (Lipinski definition) is 1. The van der Waals surface area contributed by atoms with Gasteiger partial charge in [0.25, 0.3) is 0 Å². The molecule has 18 heavy (non-hydrogen) atoms. The Labute approximate surface area is 105 Å². The van der Waals surface area contributed by atoms with Crippen molar-refractivity contribution in [2.75, 3.05) is 12.4 Å². The van der Waals surface area contributed by atoms with Crippen molar-refractivity contribution < 1.29 is 13.9 Å². The first-order chi connectivity index (χ1) is 8.79. The zero-order chi connectivity index (χ0) is 12.8. The lowest BCUT2D eigenvalue weighted by Gasteiger charge is -2.09. The largest absolute Gasteiger partial charge is 0.495 e. The van der Waals surface area contributed by atoms with Crippen LogP contribution in [0.2, 0.25) is 0 Å². The maximum atomic E-state index is 11.8. The number of methoxy groups -OCH3 is 1. The molecular weight excluding hydrogens is 232 g/mol. The predicted octanol–water partition coefficient (Wildman–Crippen LogP) is 2.25. The van der Waals surface area contributed by atoms with Crippen LogP contribution in [0.1, 0.15) is 12.1 Å². The van der Waals surface area contributed by atoms with Gasteiger partial charge in [-0.05, 0) is 12.1 Å². The van der Waals surface area contributed by atoms with Gasteiger partial charge in [-0.25, -0.2) is 4.98 Å². The molecule has 0 aliphatic carbocycles. The second kappa shape index (κ2) is 5.86. The number of nitrogens with zero attached hydrogens (tertiary/aromatic N) is 1. The highest BCUT2D eigenvalue weighted by Crippen LogP contribution is 2.23. The SMILES string of the molecule is COc1ccccc1NC(=O)CCc1cocn1. The molecule has 0 unspecified atom stereocenters. The lowest BCUT2D eigenvalue weighted by atomic mass is 10.2. The summed E-state index contributed by atoms with van der Waals surface area (Å²) < 4.78 is 9.99. The highest BCUT2D eigenvalue weighted by Gasteiger charge is 2.07. The number of aryl methyl sites for hydroxylation is 1. The van der Waals surface area contributed by atoms with Crippen LogP contribution in [0.3, 0.4) is 0 Å². The van der Waals surface area contributed by atoms with Gasteiger partial charge in [-0.15, -0.1) is 0 Å². The van der Waals surface area contributed by atoms with E-state index in [1.54, 1.807) is 19.2 Å². The fourth-order valence-electron chi connectivity index (χ4n) is 1.56. The Balaban J connectivity index is 1.90. The number of nitrogens with one attached hydrogen (secondary N) is 1. The topological polar surface area (TPSA) is 64.4 Å². The lowest BCUT2D eigenvalue weighted by molar-refractivity contribution is -0.116. The van der Waals surface area contributed by atoms with Crippen LogP contribution in [0.25, 0.3) is 0 Å². The molecule has 0 aliphatic heterocycles. The number of amides is 1. The summed E-state index contributed by atoms with van der Waals surface area (Å²) in [6.07, 6.45) is 3.80. The van der Waals surface area contributed by atoms with Crippen LogP contribution >= 0.6 is 0 Å². The minimum Gasteiger partial charge on any atom is -0.495 e. The zero-order valence-corrected chi connectivity index (χ0v) is 10.1. The van der Waals surface area contributed by atoms with Crippen LogP contribution in [-0.2, 0) is 11.2 Å². The molecule has 0 spiro atoms. The summed E-state index contributed by atoms with van der Waals surface area (Å²) in [4.78, 5) is 15.7. The van der Waals surface area contributed by atoms with Crippen molar-refractivity contribution in [3.8, 4) is 5.75 Å². The van der Waals surface area contributed by atoms with E-state index in [-0.39, 0.29) is 5.91 Å². The molecule has 0 atom stereocenters. The summed E-state index contributed by atoms with van der Waals surface area (Å²) >= 11 is 0. The molecule has 0 saturated heterocycles. The number of benzene rings is 1. The monoisotopic (exact) mass is 246 g/mol. The fraction of sp³-hybridized carbons (Fsp3) is 0.231. The van der Waals surface area contributed by atoms with E-state index in [1.807, 2.05) is 12.1 Å². The van der Waals surface area contributed by atoms with Gasteiger partial charge in [-0.1, -0.05) is 12.1 Å². The number of aromatic nitrogens is 1. The van der Waals surface area contributed by atoms with Gasteiger partial charge in [0.2, 0.25) is 5.91 Å². The van der Waals surface area contributed by atoms with Crippen molar-refractivity contribution in [3.05, 3.63) is 42.6 Å². The minimum absolute atomic E-state index is 0.0810. The third kappa shape index (κ3) is 3.10. The van der Waals surface area contributed by atoms with Crippen molar-refractivity contribution in [2.24, 2.45) is 0 Å². The maximum absolute atomic E-state index is 11.8. The summed E-state index contributed by atoms with van der Waals surface area (Å²) in [5.41, 5.74) is 1.44. The highest BCUT2D eigenvalue weighted by molar-refractivity contribution is 5.92. The molecule has 2 aromatic rings. The van der Waals surface area contributed by atoms with Gasteiger partial charge in [0.1, 0.15) is 12.0 Å². The van der Waals surface area contributed by atoms with Crippen LogP contribution in [0.5, 0.6) is 5.75 Å². The van der Waals surface area contributed by atoms with E-state index in [9.17, 15) is 4.79 Å². The molecule has 1 aromatic carbocycles. The molecule has 94 valence electrons.